The van der Waals surface area contributed by atoms with Crippen LogP contribution in [0.1, 0.15) is 26.7 Å². The molecule has 0 aliphatic carbocycles. The van der Waals surface area contributed by atoms with Gasteiger partial charge in [-0.05, 0) is 37.6 Å². The number of benzene rings is 2. The minimum Gasteiger partial charge on any atom is -0.354 e. The van der Waals surface area contributed by atoms with E-state index in [-0.39, 0.29) is 42.8 Å². The van der Waals surface area contributed by atoms with E-state index in [1.54, 1.807) is 48.5 Å². The Labute approximate surface area is 205 Å². The molecule has 0 saturated heterocycles. The summed E-state index contributed by atoms with van der Waals surface area (Å²) in [5, 5.41) is 10.5. The summed E-state index contributed by atoms with van der Waals surface area (Å²) in [4.78, 5) is 51.4. The Morgan fingerprint density at radius 1 is 1.06 bits per heavy atom. The molecule has 0 aliphatic rings. The topological polar surface area (TPSA) is 120 Å². The largest absolute Gasteiger partial charge is 0.354 e. The lowest BCUT2D eigenvalue weighted by Gasteiger charge is -2.12. The zero-order valence-electron chi connectivity index (χ0n) is 19.3. The third-order valence-electron chi connectivity index (χ3n) is 5.71. The summed E-state index contributed by atoms with van der Waals surface area (Å²) in [5.74, 6) is -0.659. The molecule has 0 unspecified atom stereocenters. The molecule has 2 amide bonds. The third kappa shape index (κ3) is 4.97. The Morgan fingerprint density at radius 2 is 1.77 bits per heavy atom. The van der Waals surface area contributed by atoms with Crippen LogP contribution in [0.15, 0.2) is 58.1 Å². The Bertz CT molecular complexity index is 1540. The Hall–Kier alpha value is -3.92. The highest BCUT2D eigenvalue weighted by molar-refractivity contribution is 6.33. The van der Waals surface area contributed by atoms with Gasteiger partial charge in [-0.3, -0.25) is 19.0 Å². The molecular weight excluding hydrogens is 472 g/mol. The second-order valence-corrected chi connectivity index (χ2v) is 8.61. The van der Waals surface area contributed by atoms with Crippen molar-refractivity contribution in [2.75, 3.05) is 5.32 Å². The molecule has 35 heavy (non-hydrogen) atoms. The highest BCUT2D eigenvalue weighted by atomic mass is 35.5. The maximum Gasteiger partial charge on any atom is 0.352 e. The summed E-state index contributed by atoms with van der Waals surface area (Å²) in [6.07, 6.45) is 0.814. The lowest BCUT2D eigenvalue weighted by molar-refractivity contribution is -0.122. The maximum absolute atomic E-state index is 13.2. The van der Waals surface area contributed by atoms with E-state index < -0.39 is 11.6 Å². The SMILES string of the molecule is CC[C@@H](C)NC(=O)CCn1c(=O)c2ccccc2n2c(=O)n(CC(=O)Nc3ccccc3Cl)nc12. The van der Waals surface area contributed by atoms with Crippen LogP contribution in [-0.4, -0.2) is 36.6 Å². The molecule has 182 valence electrons. The van der Waals surface area contributed by atoms with Gasteiger partial charge in [0, 0.05) is 19.0 Å². The number of para-hydroxylation sites is 2. The van der Waals surface area contributed by atoms with Crippen LogP contribution in [0.4, 0.5) is 5.69 Å². The number of nitrogens with zero attached hydrogens (tertiary/aromatic N) is 4. The molecule has 2 aromatic heterocycles. The van der Waals surface area contributed by atoms with Crippen LogP contribution in [0.5, 0.6) is 0 Å². The van der Waals surface area contributed by atoms with Crippen molar-refractivity contribution in [3.63, 3.8) is 0 Å². The summed E-state index contributed by atoms with van der Waals surface area (Å²) in [6.45, 7) is 3.50. The van der Waals surface area contributed by atoms with Crippen LogP contribution in [0.3, 0.4) is 0 Å². The number of aryl methyl sites for hydroxylation is 1. The zero-order chi connectivity index (χ0) is 25.1. The van der Waals surface area contributed by atoms with Gasteiger partial charge in [0.25, 0.3) is 5.56 Å². The Balaban J connectivity index is 1.72. The van der Waals surface area contributed by atoms with Crippen molar-refractivity contribution in [1.82, 2.24) is 24.1 Å². The number of nitrogens with one attached hydrogen (secondary N) is 2. The van der Waals surface area contributed by atoms with E-state index in [1.807, 2.05) is 13.8 Å². The maximum atomic E-state index is 13.2. The van der Waals surface area contributed by atoms with Crippen LogP contribution in [-0.2, 0) is 22.7 Å². The van der Waals surface area contributed by atoms with Crippen molar-refractivity contribution in [3.8, 4) is 0 Å². The van der Waals surface area contributed by atoms with Crippen molar-refractivity contribution in [2.45, 2.75) is 45.8 Å². The van der Waals surface area contributed by atoms with Crippen molar-refractivity contribution in [2.24, 2.45) is 0 Å². The van der Waals surface area contributed by atoms with Gasteiger partial charge in [0.2, 0.25) is 17.6 Å². The number of rotatable bonds is 8. The Kier molecular flexibility index (Phi) is 7.02. The standard InChI is InChI=1S/C24H25ClN6O4/c1-3-15(2)26-20(32)12-13-29-22(34)16-8-4-7-11-19(16)31-23(29)28-30(24(31)35)14-21(33)27-18-10-6-5-9-17(18)25/h4-11,15H,3,12-14H2,1-2H3,(H,26,32)(H,27,33)/t15-/m1/s1. The summed E-state index contributed by atoms with van der Waals surface area (Å²) in [7, 11) is 0. The molecule has 2 heterocycles. The molecule has 0 aliphatic heterocycles. The average molecular weight is 497 g/mol. The van der Waals surface area contributed by atoms with Crippen molar-refractivity contribution in [3.05, 3.63) is 74.4 Å². The van der Waals surface area contributed by atoms with Crippen molar-refractivity contribution < 1.29 is 9.59 Å². The normalized spacial score (nSPS) is 12.1. The van der Waals surface area contributed by atoms with Gasteiger partial charge in [-0.1, -0.05) is 42.8 Å². The number of anilines is 1. The van der Waals surface area contributed by atoms with E-state index in [4.69, 9.17) is 11.6 Å². The predicted molar refractivity (Wildman–Crippen MR) is 134 cm³/mol. The second-order valence-electron chi connectivity index (χ2n) is 8.20. The van der Waals surface area contributed by atoms with Crippen molar-refractivity contribution in [1.29, 1.82) is 0 Å². The highest BCUT2D eigenvalue weighted by Gasteiger charge is 2.19. The van der Waals surface area contributed by atoms with E-state index in [0.29, 0.717) is 21.6 Å². The smallest absolute Gasteiger partial charge is 0.352 e. The van der Waals surface area contributed by atoms with E-state index >= 15 is 0 Å². The van der Waals surface area contributed by atoms with Crippen LogP contribution < -0.4 is 21.9 Å². The minimum absolute atomic E-state index is 0.00861. The first-order valence-electron chi connectivity index (χ1n) is 11.2. The molecule has 0 radical (unpaired) electrons. The number of carbonyl (C=O) groups is 2. The van der Waals surface area contributed by atoms with Crippen LogP contribution in [0, 0.1) is 0 Å². The molecule has 1 atom stereocenters. The quantitative estimate of drug-likeness (QED) is 0.388. The van der Waals surface area contributed by atoms with Gasteiger partial charge in [0.15, 0.2) is 0 Å². The highest BCUT2D eigenvalue weighted by Crippen LogP contribution is 2.20. The fourth-order valence-electron chi connectivity index (χ4n) is 3.72. The molecule has 0 saturated carbocycles. The van der Waals surface area contributed by atoms with Crippen LogP contribution in [0.25, 0.3) is 16.7 Å². The molecule has 2 aromatic carbocycles. The van der Waals surface area contributed by atoms with E-state index in [1.165, 1.54) is 8.97 Å². The number of carbonyl (C=O) groups excluding carboxylic acids is 2. The first-order chi connectivity index (χ1) is 16.8. The minimum atomic E-state index is -0.580. The van der Waals surface area contributed by atoms with Gasteiger partial charge in [-0.15, -0.1) is 5.10 Å². The molecule has 0 bridgehead atoms. The molecule has 2 N–H and O–H groups in total. The van der Waals surface area contributed by atoms with Crippen LogP contribution in [0.2, 0.25) is 5.02 Å². The van der Waals surface area contributed by atoms with Gasteiger partial charge in [-0.25, -0.2) is 13.9 Å². The number of halogens is 1. The summed E-state index contributed by atoms with van der Waals surface area (Å²) < 4.78 is 3.57. The summed E-state index contributed by atoms with van der Waals surface area (Å²) in [5.41, 5.74) is -0.174. The number of fused-ring (bicyclic) bond motifs is 3. The van der Waals surface area contributed by atoms with E-state index in [0.717, 1.165) is 11.1 Å². The third-order valence-corrected chi connectivity index (χ3v) is 6.04. The molecule has 4 aromatic rings. The zero-order valence-corrected chi connectivity index (χ0v) is 20.1. The predicted octanol–water partition coefficient (Wildman–Crippen LogP) is 2.41. The van der Waals surface area contributed by atoms with Gasteiger partial charge in [-0.2, -0.15) is 0 Å². The molecule has 10 nitrogen and oxygen atoms in total. The monoisotopic (exact) mass is 496 g/mol. The van der Waals surface area contributed by atoms with Crippen molar-refractivity contribution >= 4 is 45.8 Å². The number of hydrogen-bond acceptors (Lipinski definition) is 5. The average Bonchev–Trinajstić information content (AvgIpc) is 3.16. The van der Waals surface area contributed by atoms with E-state index in [9.17, 15) is 19.2 Å². The number of hydrogen-bond donors (Lipinski definition) is 2. The summed E-state index contributed by atoms with van der Waals surface area (Å²) in [6, 6.07) is 13.4. The first-order valence-corrected chi connectivity index (χ1v) is 11.6. The first kappa shape index (κ1) is 24.2. The fraction of sp³-hybridized carbons (Fsp3) is 0.292. The van der Waals surface area contributed by atoms with Gasteiger partial charge in [0.1, 0.15) is 6.54 Å². The van der Waals surface area contributed by atoms with Crippen LogP contribution >= 0.6 is 11.6 Å². The number of aromatic nitrogens is 4. The number of amides is 2. The molecule has 0 spiro atoms. The fourth-order valence-corrected chi connectivity index (χ4v) is 3.91. The van der Waals surface area contributed by atoms with Gasteiger partial charge >= 0.3 is 5.69 Å². The van der Waals surface area contributed by atoms with E-state index in [2.05, 4.69) is 15.7 Å². The Morgan fingerprint density at radius 3 is 2.51 bits per heavy atom. The lowest BCUT2D eigenvalue weighted by Crippen LogP contribution is -2.34. The van der Waals surface area contributed by atoms with Gasteiger partial charge in [0.05, 0.1) is 21.6 Å². The molecular formula is C24H25ClN6O4. The molecule has 0 fully saturated rings. The molecule has 4 rings (SSSR count). The lowest BCUT2D eigenvalue weighted by atomic mass is 10.2. The second kappa shape index (κ2) is 10.1. The summed E-state index contributed by atoms with van der Waals surface area (Å²) >= 11 is 6.10. The van der Waals surface area contributed by atoms with Gasteiger partial charge < -0.3 is 10.6 Å². The molecule has 11 heteroatoms.